The number of halogens is 1. The van der Waals surface area contributed by atoms with Crippen molar-refractivity contribution in [2.45, 2.75) is 38.5 Å². The fourth-order valence-electron chi connectivity index (χ4n) is 1.88. The van der Waals surface area contributed by atoms with Gasteiger partial charge < -0.3 is 0 Å². The Hall–Kier alpha value is -1.36. The predicted octanol–water partition coefficient (Wildman–Crippen LogP) is 3.70. The molecule has 0 amide bonds. The van der Waals surface area contributed by atoms with Crippen LogP contribution in [0.25, 0.3) is 0 Å². The second-order valence-electron chi connectivity index (χ2n) is 4.50. The van der Waals surface area contributed by atoms with Gasteiger partial charge in [-0.1, -0.05) is 13.8 Å². The van der Waals surface area contributed by atoms with Crippen LogP contribution in [-0.2, 0) is 0 Å². The quantitative estimate of drug-likeness (QED) is 0.719. The zero-order chi connectivity index (χ0) is 11.0. The summed E-state index contributed by atoms with van der Waals surface area (Å²) in [6.45, 7) is 3.88. The number of benzene rings is 1. The van der Waals surface area contributed by atoms with Gasteiger partial charge in [-0.15, -0.1) is 0 Å². The Morgan fingerprint density at radius 1 is 1.40 bits per heavy atom. The predicted molar refractivity (Wildman–Crippen MR) is 57.2 cm³/mol. The number of hydrogen-bond acceptors (Lipinski definition) is 1. The first-order chi connectivity index (χ1) is 7.13. The molecule has 0 bridgehead atoms. The van der Waals surface area contributed by atoms with E-state index in [0.717, 1.165) is 18.4 Å². The molecule has 15 heavy (non-hydrogen) atoms. The van der Waals surface area contributed by atoms with E-state index < -0.39 is 0 Å². The smallest absolute Gasteiger partial charge is 0.127 e. The molecular formula is C13H14FN. The summed E-state index contributed by atoms with van der Waals surface area (Å²) in [4.78, 5) is 0. The van der Waals surface area contributed by atoms with Crippen molar-refractivity contribution in [2.24, 2.45) is 0 Å². The second kappa shape index (κ2) is 3.66. The average Bonchev–Trinajstić information content (AvgIpc) is 3.00. The molecule has 0 spiro atoms. The zero-order valence-corrected chi connectivity index (χ0v) is 9.05. The SMILES string of the molecule is CC(C)c1cc(C#N)c(C2CC2)cc1F. The van der Waals surface area contributed by atoms with E-state index in [1.807, 2.05) is 13.8 Å². The highest BCUT2D eigenvalue weighted by Crippen LogP contribution is 2.42. The van der Waals surface area contributed by atoms with Crippen molar-refractivity contribution >= 4 is 0 Å². The molecule has 1 aromatic carbocycles. The van der Waals surface area contributed by atoms with Crippen LogP contribution < -0.4 is 0 Å². The number of nitriles is 1. The lowest BCUT2D eigenvalue weighted by atomic mass is 9.95. The molecule has 78 valence electrons. The summed E-state index contributed by atoms with van der Waals surface area (Å²) < 4.78 is 13.7. The van der Waals surface area contributed by atoms with Gasteiger partial charge >= 0.3 is 0 Å². The van der Waals surface area contributed by atoms with E-state index in [0.29, 0.717) is 17.0 Å². The lowest BCUT2D eigenvalue weighted by Crippen LogP contribution is -1.98. The van der Waals surface area contributed by atoms with Gasteiger partial charge in [0.2, 0.25) is 0 Å². The maximum absolute atomic E-state index is 13.7. The Bertz CT molecular complexity index is 425. The third-order valence-corrected chi connectivity index (χ3v) is 2.93. The van der Waals surface area contributed by atoms with Gasteiger partial charge in [-0.2, -0.15) is 5.26 Å². The van der Waals surface area contributed by atoms with Crippen molar-refractivity contribution in [3.05, 3.63) is 34.6 Å². The molecule has 0 unspecified atom stereocenters. The molecule has 0 saturated heterocycles. The normalized spacial score (nSPS) is 15.4. The van der Waals surface area contributed by atoms with E-state index >= 15 is 0 Å². The fraction of sp³-hybridized carbons (Fsp3) is 0.462. The van der Waals surface area contributed by atoms with Crippen LogP contribution in [0.1, 0.15) is 55.2 Å². The van der Waals surface area contributed by atoms with E-state index in [4.69, 9.17) is 5.26 Å². The monoisotopic (exact) mass is 203 g/mol. The summed E-state index contributed by atoms with van der Waals surface area (Å²) in [7, 11) is 0. The number of nitrogens with zero attached hydrogens (tertiary/aromatic N) is 1. The molecule has 0 aromatic heterocycles. The van der Waals surface area contributed by atoms with Crippen molar-refractivity contribution in [1.82, 2.24) is 0 Å². The zero-order valence-electron chi connectivity index (χ0n) is 9.05. The Labute approximate surface area is 89.5 Å². The summed E-state index contributed by atoms with van der Waals surface area (Å²) in [5.41, 5.74) is 2.21. The topological polar surface area (TPSA) is 23.8 Å². The molecule has 0 aliphatic heterocycles. The van der Waals surface area contributed by atoms with Crippen LogP contribution in [0.4, 0.5) is 4.39 Å². The summed E-state index contributed by atoms with van der Waals surface area (Å²) in [5.74, 6) is 0.395. The fourth-order valence-corrected chi connectivity index (χ4v) is 1.88. The first-order valence-electron chi connectivity index (χ1n) is 5.37. The Morgan fingerprint density at radius 2 is 2.07 bits per heavy atom. The number of hydrogen-bond donors (Lipinski definition) is 0. The van der Waals surface area contributed by atoms with E-state index in [9.17, 15) is 4.39 Å². The highest BCUT2D eigenvalue weighted by Gasteiger charge is 2.27. The van der Waals surface area contributed by atoms with Gasteiger partial charge in [0.25, 0.3) is 0 Å². The molecule has 0 N–H and O–H groups in total. The standard InChI is InChI=1S/C13H14FN/c1-8(2)11-5-10(7-15)12(6-13(11)14)9-3-4-9/h5-6,8-9H,3-4H2,1-2H3. The third kappa shape index (κ3) is 1.87. The summed E-state index contributed by atoms with van der Waals surface area (Å²) >= 11 is 0. The van der Waals surface area contributed by atoms with E-state index in [1.165, 1.54) is 0 Å². The van der Waals surface area contributed by atoms with Gasteiger partial charge in [-0.3, -0.25) is 0 Å². The van der Waals surface area contributed by atoms with Gasteiger partial charge in [-0.25, -0.2) is 4.39 Å². The van der Waals surface area contributed by atoms with Crippen molar-refractivity contribution in [3.8, 4) is 6.07 Å². The molecule has 1 saturated carbocycles. The van der Waals surface area contributed by atoms with Gasteiger partial charge in [0.1, 0.15) is 5.82 Å². The van der Waals surface area contributed by atoms with E-state index in [2.05, 4.69) is 6.07 Å². The maximum atomic E-state index is 13.7. The van der Waals surface area contributed by atoms with Gasteiger partial charge in [-0.05, 0) is 47.9 Å². The minimum absolute atomic E-state index is 0.130. The van der Waals surface area contributed by atoms with Gasteiger partial charge in [0.15, 0.2) is 0 Å². The molecular weight excluding hydrogens is 189 g/mol. The van der Waals surface area contributed by atoms with Gasteiger partial charge in [0.05, 0.1) is 11.6 Å². The molecule has 1 fully saturated rings. The first kappa shape index (κ1) is 10.2. The second-order valence-corrected chi connectivity index (χ2v) is 4.50. The highest BCUT2D eigenvalue weighted by atomic mass is 19.1. The van der Waals surface area contributed by atoms with E-state index in [-0.39, 0.29) is 11.7 Å². The van der Waals surface area contributed by atoms with Crippen LogP contribution in [0.3, 0.4) is 0 Å². The molecule has 1 aliphatic carbocycles. The van der Waals surface area contributed by atoms with Crippen LogP contribution in [0.5, 0.6) is 0 Å². The Morgan fingerprint density at radius 3 is 2.53 bits per heavy atom. The molecule has 1 nitrogen and oxygen atoms in total. The average molecular weight is 203 g/mol. The molecule has 2 rings (SSSR count). The summed E-state index contributed by atoms with van der Waals surface area (Å²) in [5, 5.41) is 9.02. The lowest BCUT2D eigenvalue weighted by molar-refractivity contribution is 0.595. The minimum Gasteiger partial charge on any atom is -0.207 e. The van der Waals surface area contributed by atoms with Crippen molar-refractivity contribution in [1.29, 1.82) is 5.26 Å². The Balaban J connectivity index is 2.51. The third-order valence-electron chi connectivity index (χ3n) is 2.93. The lowest BCUT2D eigenvalue weighted by Gasteiger charge is -2.10. The van der Waals surface area contributed by atoms with Crippen LogP contribution >= 0.6 is 0 Å². The largest absolute Gasteiger partial charge is 0.207 e. The molecule has 2 heteroatoms. The number of rotatable bonds is 2. The van der Waals surface area contributed by atoms with Gasteiger partial charge in [0, 0.05) is 0 Å². The van der Waals surface area contributed by atoms with Crippen molar-refractivity contribution in [2.75, 3.05) is 0 Å². The van der Waals surface area contributed by atoms with Crippen LogP contribution in [0.15, 0.2) is 12.1 Å². The molecule has 0 heterocycles. The summed E-state index contributed by atoms with van der Waals surface area (Å²) in [6, 6.07) is 5.45. The first-order valence-corrected chi connectivity index (χ1v) is 5.37. The molecule has 0 radical (unpaired) electrons. The molecule has 1 aromatic rings. The minimum atomic E-state index is -0.161. The van der Waals surface area contributed by atoms with Crippen LogP contribution in [0, 0.1) is 17.1 Å². The van der Waals surface area contributed by atoms with E-state index in [1.54, 1.807) is 12.1 Å². The molecule has 1 aliphatic rings. The van der Waals surface area contributed by atoms with Crippen LogP contribution in [-0.4, -0.2) is 0 Å². The van der Waals surface area contributed by atoms with Crippen molar-refractivity contribution in [3.63, 3.8) is 0 Å². The summed E-state index contributed by atoms with van der Waals surface area (Å²) in [6.07, 6.45) is 2.18. The van der Waals surface area contributed by atoms with Crippen LogP contribution in [0.2, 0.25) is 0 Å². The maximum Gasteiger partial charge on any atom is 0.127 e. The highest BCUT2D eigenvalue weighted by molar-refractivity contribution is 5.45. The Kier molecular flexibility index (Phi) is 2.48. The van der Waals surface area contributed by atoms with Crippen molar-refractivity contribution < 1.29 is 4.39 Å². The molecule has 0 atom stereocenters.